The zero-order chi connectivity index (χ0) is 17.3. The zero-order valence-electron chi connectivity index (χ0n) is 13.0. The van der Waals surface area contributed by atoms with Crippen LogP contribution in [0.15, 0.2) is 12.4 Å². The third-order valence-corrected chi connectivity index (χ3v) is 3.89. The highest BCUT2D eigenvalue weighted by atomic mass is 19.4. The second-order valence-corrected chi connectivity index (χ2v) is 5.51. The number of esters is 1. The average molecular weight is 343 g/mol. The SMILES string of the molecule is CCOC(=O)[C@@H]1CCCN(c2cc(C(F)(F)F)nc3ncnn23)C1. The molecule has 0 radical (unpaired) electrons. The molecule has 1 aliphatic heterocycles. The lowest BCUT2D eigenvalue weighted by Gasteiger charge is -2.33. The second-order valence-electron chi connectivity index (χ2n) is 5.51. The molecule has 0 amide bonds. The normalized spacial score (nSPS) is 18.8. The van der Waals surface area contributed by atoms with Crippen LogP contribution >= 0.6 is 0 Å². The van der Waals surface area contributed by atoms with Crippen molar-refractivity contribution in [2.75, 3.05) is 24.6 Å². The molecule has 2 aromatic heterocycles. The van der Waals surface area contributed by atoms with E-state index in [0.29, 0.717) is 19.4 Å². The molecule has 0 spiro atoms. The van der Waals surface area contributed by atoms with Crippen LogP contribution in [0.1, 0.15) is 25.5 Å². The van der Waals surface area contributed by atoms with Crippen LogP contribution in [0.2, 0.25) is 0 Å². The molecule has 0 unspecified atom stereocenters. The molecule has 0 aromatic carbocycles. The van der Waals surface area contributed by atoms with Gasteiger partial charge in [0.15, 0.2) is 5.69 Å². The van der Waals surface area contributed by atoms with Gasteiger partial charge in [-0.25, -0.2) is 4.98 Å². The molecule has 0 N–H and O–H groups in total. The summed E-state index contributed by atoms with van der Waals surface area (Å²) in [6, 6.07) is 0.940. The van der Waals surface area contributed by atoms with E-state index < -0.39 is 11.9 Å². The Kier molecular flexibility index (Phi) is 4.29. The number of carbonyl (C=O) groups excluding carboxylic acids is 1. The van der Waals surface area contributed by atoms with E-state index in [-0.39, 0.29) is 36.6 Å². The summed E-state index contributed by atoms with van der Waals surface area (Å²) in [5.74, 6) is -0.612. The molecule has 10 heteroatoms. The first kappa shape index (κ1) is 16.5. The quantitative estimate of drug-likeness (QED) is 0.793. The van der Waals surface area contributed by atoms with E-state index in [9.17, 15) is 18.0 Å². The first-order valence-corrected chi connectivity index (χ1v) is 7.59. The highest BCUT2D eigenvalue weighted by molar-refractivity contribution is 5.73. The van der Waals surface area contributed by atoms with Crippen LogP contribution in [0, 0.1) is 5.92 Å². The van der Waals surface area contributed by atoms with Gasteiger partial charge in [0.25, 0.3) is 5.78 Å². The highest BCUT2D eigenvalue weighted by Crippen LogP contribution is 2.32. The van der Waals surface area contributed by atoms with Crippen molar-refractivity contribution in [3.63, 3.8) is 0 Å². The molecule has 0 bridgehead atoms. The third-order valence-electron chi connectivity index (χ3n) is 3.89. The van der Waals surface area contributed by atoms with Crippen molar-refractivity contribution in [1.29, 1.82) is 0 Å². The summed E-state index contributed by atoms with van der Waals surface area (Å²) in [7, 11) is 0. The van der Waals surface area contributed by atoms with E-state index in [1.54, 1.807) is 11.8 Å². The minimum atomic E-state index is -4.58. The number of nitrogens with zero attached hydrogens (tertiary/aromatic N) is 5. The summed E-state index contributed by atoms with van der Waals surface area (Å²) < 4.78 is 45.5. The lowest BCUT2D eigenvalue weighted by atomic mass is 9.98. The van der Waals surface area contributed by atoms with Gasteiger partial charge in [-0.05, 0) is 19.8 Å². The van der Waals surface area contributed by atoms with E-state index in [0.717, 1.165) is 12.4 Å². The van der Waals surface area contributed by atoms with Gasteiger partial charge in [-0.15, -0.1) is 0 Å². The Labute approximate surface area is 135 Å². The number of ether oxygens (including phenoxy) is 1. The second kappa shape index (κ2) is 6.25. The number of piperidine rings is 1. The number of fused-ring (bicyclic) bond motifs is 1. The third kappa shape index (κ3) is 3.13. The Balaban J connectivity index is 1.96. The standard InChI is InChI=1S/C14H16F3N5O2/c1-2-24-12(23)9-4-3-5-21(7-9)11-6-10(14(15,16)17)20-13-18-8-19-22(11)13/h6,8-9H,2-5,7H2,1H3/t9-/m1/s1. The van der Waals surface area contributed by atoms with Crippen molar-refractivity contribution in [2.24, 2.45) is 5.92 Å². The molecule has 130 valence electrons. The number of hydrogen-bond acceptors (Lipinski definition) is 6. The molecule has 1 saturated heterocycles. The Morgan fingerprint density at radius 1 is 1.46 bits per heavy atom. The molecular weight excluding hydrogens is 327 g/mol. The van der Waals surface area contributed by atoms with Crippen LogP contribution in [0.5, 0.6) is 0 Å². The van der Waals surface area contributed by atoms with Gasteiger partial charge in [0.1, 0.15) is 12.1 Å². The number of anilines is 1. The van der Waals surface area contributed by atoms with Crippen LogP contribution in [0.3, 0.4) is 0 Å². The molecule has 0 saturated carbocycles. The Morgan fingerprint density at radius 2 is 2.25 bits per heavy atom. The van der Waals surface area contributed by atoms with E-state index in [1.807, 2.05) is 0 Å². The van der Waals surface area contributed by atoms with Gasteiger partial charge in [-0.3, -0.25) is 4.79 Å². The summed E-state index contributed by atoms with van der Waals surface area (Å²) in [5, 5.41) is 3.94. The van der Waals surface area contributed by atoms with Gasteiger partial charge in [-0.1, -0.05) is 0 Å². The van der Waals surface area contributed by atoms with Gasteiger partial charge in [-0.2, -0.15) is 27.8 Å². The van der Waals surface area contributed by atoms with E-state index >= 15 is 0 Å². The van der Waals surface area contributed by atoms with Gasteiger partial charge in [0, 0.05) is 19.2 Å². The summed E-state index contributed by atoms with van der Waals surface area (Å²) in [6.07, 6.45) is -2.12. The number of halogens is 3. The predicted molar refractivity (Wildman–Crippen MR) is 77.4 cm³/mol. The van der Waals surface area contributed by atoms with E-state index in [4.69, 9.17) is 4.74 Å². The number of hydrogen-bond donors (Lipinski definition) is 0. The predicted octanol–water partition coefficient (Wildman–Crippen LogP) is 1.92. The number of aromatic nitrogens is 4. The molecule has 1 fully saturated rings. The smallest absolute Gasteiger partial charge is 0.433 e. The fraction of sp³-hybridized carbons (Fsp3) is 0.571. The Hall–Kier alpha value is -2.39. The zero-order valence-corrected chi connectivity index (χ0v) is 13.0. The van der Waals surface area contributed by atoms with Crippen LogP contribution in [0.25, 0.3) is 5.78 Å². The monoisotopic (exact) mass is 343 g/mol. The molecule has 24 heavy (non-hydrogen) atoms. The summed E-state index contributed by atoms with van der Waals surface area (Å²) in [4.78, 5) is 20.9. The number of carbonyl (C=O) groups is 1. The molecule has 0 aliphatic carbocycles. The largest absolute Gasteiger partial charge is 0.466 e. The molecular formula is C14H16F3N5O2. The van der Waals surface area contributed by atoms with Crippen LogP contribution in [-0.4, -0.2) is 45.2 Å². The van der Waals surface area contributed by atoms with Crippen molar-refractivity contribution < 1.29 is 22.7 Å². The highest BCUT2D eigenvalue weighted by Gasteiger charge is 2.35. The van der Waals surface area contributed by atoms with Crippen molar-refractivity contribution in [1.82, 2.24) is 19.6 Å². The van der Waals surface area contributed by atoms with Crippen molar-refractivity contribution in [3.05, 3.63) is 18.1 Å². The maximum atomic E-state index is 13.1. The van der Waals surface area contributed by atoms with Crippen LogP contribution < -0.4 is 4.90 Å². The first-order valence-electron chi connectivity index (χ1n) is 7.59. The van der Waals surface area contributed by atoms with Gasteiger partial charge >= 0.3 is 12.1 Å². The van der Waals surface area contributed by atoms with Gasteiger partial charge in [0.2, 0.25) is 0 Å². The number of alkyl halides is 3. The molecule has 1 atom stereocenters. The fourth-order valence-corrected chi connectivity index (χ4v) is 2.80. The maximum absolute atomic E-state index is 13.1. The molecule has 2 aromatic rings. The van der Waals surface area contributed by atoms with Crippen LogP contribution in [-0.2, 0) is 15.7 Å². The first-order chi connectivity index (χ1) is 11.4. The lowest BCUT2D eigenvalue weighted by Crippen LogP contribution is -2.40. The van der Waals surface area contributed by atoms with Gasteiger partial charge in [0.05, 0.1) is 12.5 Å². The maximum Gasteiger partial charge on any atom is 0.433 e. The fourth-order valence-electron chi connectivity index (χ4n) is 2.80. The minimum Gasteiger partial charge on any atom is -0.466 e. The topological polar surface area (TPSA) is 72.6 Å². The average Bonchev–Trinajstić information content (AvgIpc) is 3.02. The summed E-state index contributed by atoms with van der Waals surface area (Å²) in [5.41, 5.74) is -1.03. The molecule has 3 heterocycles. The lowest BCUT2D eigenvalue weighted by molar-refractivity contribution is -0.148. The summed E-state index contributed by atoms with van der Waals surface area (Å²) in [6.45, 7) is 2.79. The van der Waals surface area contributed by atoms with E-state index in [2.05, 4.69) is 15.1 Å². The molecule has 3 rings (SSSR count). The van der Waals surface area contributed by atoms with E-state index in [1.165, 1.54) is 4.52 Å². The number of rotatable bonds is 3. The van der Waals surface area contributed by atoms with Gasteiger partial charge < -0.3 is 9.64 Å². The van der Waals surface area contributed by atoms with Crippen LogP contribution in [0.4, 0.5) is 19.0 Å². The molecule has 1 aliphatic rings. The minimum absolute atomic E-state index is 0.127. The van der Waals surface area contributed by atoms with Crippen molar-refractivity contribution in [2.45, 2.75) is 25.9 Å². The molecule has 7 nitrogen and oxygen atoms in total. The van der Waals surface area contributed by atoms with Crippen molar-refractivity contribution >= 4 is 17.6 Å². The Morgan fingerprint density at radius 3 is 2.96 bits per heavy atom. The van der Waals surface area contributed by atoms with Crippen molar-refractivity contribution in [3.8, 4) is 0 Å². The summed E-state index contributed by atoms with van der Waals surface area (Å²) >= 11 is 0. The Bertz CT molecular complexity index is 746.